The lowest BCUT2D eigenvalue weighted by atomic mass is 10.0. The van der Waals surface area contributed by atoms with Gasteiger partial charge in [-0.05, 0) is 37.6 Å². The summed E-state index contributed by atoms with van der Waals surface area (Å²) in [7, 11) is 1.66. The molecule has 3 fully saturated rings. The number of nitrogens with zero attached hydrogens (tertiary/aromatic N) is 6. The lowest BCUT2D eigenvalue weighted by molar-refractivity contribution is 0.0878. The molecule has 42 heavy (non-hydrogen) atoms. The molecule has 1 aromatic heterocycles. The van der Waals surface area contributed by atoms with Crippen LogP contribution in [0.3, 0.4) is 0 Å². The SMILES string of the molecule is CCN1CCN(C2CCN(c3ccc(Nc4cc(N5OCCC5c5cccc(F)c5F)ncn4)c(OC)c3)CC2)CC1. The molecule has 3 aliphatic rings. The summed E-state index contributed by atoms with van der Waals surface area (Å²) in [6.45, 7) is 10.5. The van der Waals surface area contributed by atoms with E-state index in [1.165, 1.54) is 43.6 Å². The van der Waals surface area contributed by atoms with Crippen LogP contribution in [0.25, 0.3) is 0 Å². The Bertz CT molecular complexity index is 1360. The Hall–Kier alpha value is -3.54. The van der Waals surface area contributed by atoms with E-state index in [1.54, 1.807) is 19.2 Å². The van der Waals surface area contributed by atoms with Crippen molar-refractivity contribution in [2.75, 3.05) is 74.8 Å². The topological polar surface area (TPSA) is 69.2 Å². The number of rotatable bonds is 8. The minimum atomic E-state index is -0.880. The maximum absolute atomic E-state index is 14.6. The van der Waals surface area contributed by atoms with Gasteiger partial charge in [-0.1, -0.05) is 19.1 Å². The quantitative estimate of drug-likeness (QED) is 0.397. The van der Waals surface area contributed by atoms with Crippen molar-refractivity contribution in [1.29, 1.82) is 0 Å². The number of piperazine rings is 1. The van der Waals surface area contributed by atoms with Gasteiger partial charge >= 0.3 is 0 Å². The van der Waals surface area contributed by atoms with Gasteiger partial charge < -0.3 is 19.9 Å². The molecular formula is C31H39F2N7O2. The average molecular weight is 580 g/mol. The summed E-state index contributed by atoms with van der Waals surface area (Å²) in [4.78, 5) is 22.1. The second-order valence-corrected chi connectivity index (χ2v) is 11.1. The van der Waals surface area contributed by atoms with E-state index in [1.807, 2.05) is 6.07 Å². The lowest BCUT2D eigenvalue weighted by Gasteiger charge is -2.43. The van der Waals surface area contributed by atoms with E-state index in [4.69, 9.17) is 9.57 Å². The van der Waals surface area contributed by atoms with Gasteiger partial charge in [0.25, 0.3) is 0 Å². The predicted molar refractivity (Wildman–Crippen MR) is 159 cm³/mol. The number of aromatic nitrogens is 2. The molecule has 2 aromatic carbocycles. The predicted octanol–water partition coefficient (Wildman–Crippen LogP) is 5.00. The molecule has 0 aliphatic carbocycles. The van der Waals surface area contributed by atoms with Crippen LogP contribution < -0.4 is 20.0 Å². The first-order chi connectivity index (χ1) is 20.5. The van der Waals surface area contributed by atoms with E-state index >= 15 is 0 Å². The molecule has 3 aromatic rings. The highest BCUT2D eigenvalue weighted by molar-refractivity contribution is 5.70. The normalized spacial score (nSPS) is 20.7. The first-order valence-electron chi connectivity index (χ1n) is 14.9. The molecule has 9 nitrogen and oxygen atoms in total. The number of halogens is 2. The van der Waals surface area contributed by atoms with Gasteiger partial charge in [0.2, 0.25) is 0 Å². The van der Waals surface area contributed by atoms with Crippen LogP contribution in [0.2, 0.25) is 0 Å². The minimum absolute atomic E-state index is 0.237. The molecule has 4 heterocycles. The number of hydrogen-bond donors (Lipinski definition) is 1. The van der Waals surface area contributed by atoms with E-state index in [2.05, 4.69) is 49.0 Å². The highest BCUT2D eigenvalue weighted by atomic mass is 19.2. The van der Waals surface area contributed by atoms with Gasteiger partial charge in [-0.3, -0.25) is 9.74 Å². The molecule has 3 saturated heterocycles. The molecule has 3 aliphatic heterocycles. The van der Waals surface area contributed by atoms with E-state index in [-0.39, 0.29) is 5.56 Å². The van der Waals surface area contributed by atoms with Crippen LogP contribution in [-0.2, 0) is 4.84 Å². The molecule has 11 heteroatoms. The van der Waals surface area contributed by atoms with Gasteiger partial charge in [-0.25, -0.2) is 23.8 Å². The van der Waals surface area contributed by atoms with Gasteiger partial charge in [0.1, 0.15) is 17.9 Å². The maximum atomic E-state index is 14.6. The number of anilines is 4. The van der Waals surface area contributed by atoms with Crippen LogP contribution in [0.4, 0.5) is 31.8 Å². The van der Waals surface area contributed by atoms with Crippen molar-refractivity contribution in [2.45, 2.75) is 38.3 Å². The molecule has 0 amide bonds. The Morgan fingerprint density at radius 1 is 0.976 bits per heavy atom. The van der Waals surface area contributed by atoms with Crippen molar-refractivity contribution < 1.29 is 18.4 Å². The van der Waals surface area contributed by atoms with Crippen LogP contribution in [0.1, 0.15) is 37.8 Å². The fraction of sp³-hybridized carbons (Fsp3) is 0.484. The van der Waals surface area contributed by atoms with Crippen molar-refractivity contribution in [3.05, 3.63) is 66.0 Å². The van der Waals surface area contributed by atoms with E-state index in [0.717, 1.165) is 49.9 Å². The standard InChI is InChI=1S/C31H39F2N7O2/c1-3-37-14-16-39(17-15-37)22-9-12-38(13-10-22)23-7-8-26(28(19-23)41-2)36-29-20-30(35-21-34-29)40-27(11-18-42-40)24-5-4-6-25(32)31(24)33/h4-8,19-22,27H,3,9-18H2,1-2H3,(H,34,35,36). The van der Waals surface area contributed by atoms with Crippen molar-refractivity contribution >= 4 is 23.0 Å². The zero-order valence-corrected chi connectivity index (χ0v) is 24.3. The highest BCUT2D eigenvalue weighted by Gasteiger charge is 2.32. The van der Waals surface area contributed by atoms with Gasteiger partial charge in [0, 0.05) is 75.1 Å². The third-order valence-electron chi connectivity index (χ3n) is 8.77. The number of benzene rings is 2. The number of nitrogens with one attached hydrogen (secondary N) is 1. The van der Waals surface area contributed by atoms with Crippen LogP contribution in [0.15, 0.2) is 48.8 Å². The molecule has 224 valence electrons. The fourth-order valence-corrected chi connectivity index (χ4v) is 6.34. The first-order valence-corrected chi connectivity index (χ1v) is 14.9. The Kier molecular flexibility index (Phi) is 8.68. The Morgan fingerprint density at radius 2 is 1.79 bits per heavy atom. The average Bonchev–Trinajstić information content (AvgIpc) is 3.53. The summed E-state index contributed by atoms with van der Waals surface area (Å²) < 4.78 is 34.2. The molecule has 0 saturated carbocycles. The van der Waals surface area contributed by atoms with Crippen LogP contribution in [0, 0.1) is 11.6 Å². The molecule has 0 spiro atoms. The smallest absolute Gasteiger partial charge is 0.164 e. The zero-order chi connectivity index (χ0) is 29.1. The van der Waals surface area contributed by atoms with Crippen LogP contribution >= 0.6 is 0 Å². The number of likely N-dealkylation sites (N-methyl/N-ethyl adjacent to an activating group) is 1. The summed E-state index contributed by atoms with van der Waals surface area (Å²) in [5.74, 6) is -0.0520. The van der Waals surface area contributed by atoms with Gasteiger partial charge in [0.05, 0.1) is 25.4 Å². The Morgan fingerprint density at radius 3 is 2.55 bits per heavy atom. The largest absolute Gasteiger partial charge is 0.494 e. The van der Waals surface area contributed by atoms with Crippen molar-refractivity contribution in [3.63, 3.8) is 0 Å². The summed E-state index contributed by atoms with van der Waals surface area (Å²) >= 11 is 0. The third-order valence-corrected chi connectivity index (χ3v) is 8.77. The second kappa shape index (κ2) is 12.8. The molecule has 6 rings (SSSR count). The molecule has 1 N–H and O–H groups in total. The minimum Gasteiger partial charge on any atom is -0.494 e. The van der Waals surface area contributed by atoms with E-state index in [0.29, 0.717) is 36.5 Å². The number of hydroxylamine groups is 1. The second-order valence-electron chi connectivity index (χ2n) is 11.1. The van der Waals surface area contributed by atoms with Crippen molar-refractivity contribution in [2.24, 2.45) is 0 Å². The molecular weight excluding hydrogens is 540 g/mol. The zero-order valence-electron chi connectivity index (χ0n) is 24.3. The maximum Gasteiger partial charge on any atom is 0.164 e. The highest BCUT2D eigenvalue weighted by Crippen LogP contribution is 2.37. The molecule has 1 atom stereocenters. The lowest BCUT2D eigenvalue weighted by Crippen LogP contribution is -2.53. The number of hydrogen-bond acceptors (Lipinski definition) is 9. The van der Waals surface area contributed by atoms with Crippen LogP contribution in [-0.4, -0.2) is 85.3 Å². The summed E-state index contributed by atoms with van der Waals surface area (Å²) in [5, 5.41) is 4.86. The van der Waals surface area contributed by atoms with Gasteiger partial charge in [-0.2, -0.15) is 0 Å². The number of ether oxygens (including phenoxy) is 1. The fourth-order valence-electron chi connectivity index (χ4n) is 6.34. The summed E-state index contributed by atoms with van der Waals surface area (Å²) in [6, 6.07) is 12.3. The first kappa shape index (κ1) is 28.6. The molecule has 0 radical (unpaired) electrons. The molecule has 1 unspecified atom stereocenters. The third kappa shape index (κ3) is 5.99. The summed E-state index contributed by atoms with van der Waals surface area (Å²) in [6.07, 6.45) is 4.26. The monoisotopic (exact) mass is 579 g/mol. The van der Waals surface area contributed by atoms with Crippen molar-refractivity contribution in [1.82, 2.24) is 19.8 Å². The van der Waals surface area contributed by atoms with Crippen LogP contribution in [0.5, 0.6) is 5.75 Å². The Balaban J connectivity index is 1.11. The van der Waals surface area contributed by atoms with Gasteiger partial charge in [0.15, 0.2) is 17.5 Å². The molecule has 0 bridgehead atoms. The van der Waals surface area contributed by atoms with Gasteiger partial charge in [-0.15, -0.1) is 0 Å². The number of piperidine rings is 1. The summed E-state index contributed by atoms with van der Waals surface area (Å²) in [5.41, 5.74) is 2.14. The number of methoxy groups -OCH3 is 1. The van der Waals surface area contributed by atoms with E-state index < -0.39 is 17.7 Å². The Labute approximate surface area is 246 Å². The van der Waals surface area contributed by atoms with Crippen molar-refractivity contribution in [3.8, 4) is 5.75 Å². The van der Waals surface area contributed by atoms with E-state index in [9.17, 15) is 8.78 Å².